The summed E-state index contributed by atoms with van der Waals surface area (Å²) in [5.74, 6) is -0.435. The fraction of sp³-hybridized carbons (Fsp3) is 0.250. The zero-order valence-corrected chi connectivity index (χ0v) is 11.4. The van der Waals surface area contributed by atoms with Crippen LogP contribution in [0.3, 0.4) is 0 Å². The van der Waals surface area contributed by atoms with Gasteiger partial charge in [-0.15, -0.1) is 0 Å². The topological polar surface area (TPSA) is 87.3 Å². The van der Waals surface area contributed by atoms with Gasteiger partial charge >= 0.3 is 5.97 Å². The number of nitrogens with zero attached hydrogens (tertiary/aromatic N) is 3. The summed E-state index contributed by atoms with van der Waals surface area (Å²) in [7, 11) is 0. The summed E-state index contributed by atoms with van der Waals surface area (Å²) in [4.78, 5) is 25.8. The highest BCUT2D eigenvalue weighted by Gasteiger charge is 2.10. The minimum absolute atomic E-state index is 0.0701. The van der Waals surface area contributed by atoms with Crippen LogP contribution in [0.2, 0.25) is 0 Å². The molecule has 0 saturated carbocycles. The molecule has 0 saturated heterocycles. The van der Waals surface area contributed by atoms with Crippen LogP contribution in [0.4, 0.5) is 5.69 Å². The lowest BCUT2D eigenvalue weighted by Crippen LogP contribution is -2.14. The Balaban J connectivity index is 2.48. The van der Waals surface area contributed by atoms with E-state index in [0.717, 1.165) is 0 Å². The number of esters is 1. The van der Waals surface area contributed by atoms with E-state index in [1.807, 2.05) is 0 Å². The first-order valence-corrected chi connectivity index (χ1v) is 6.23. The van der Waals surface area contributed by atoms with Crippen molar-refractivity contribution in [3.63, 3.8) is 0 Å². The molecule has 0 aliphatic rings. The quantitative estimate of drug-likeness (QED) is 0.372. The van der Waals surface area contributed by atoms with Crippen LogP contribution >= 0.6 is 12.2 Å². The Morgan fingerprint density at radius 2 is 2.30 bits per heavy atom. The number of hydrogen-bond acceptors (Lipinski definition) is 6. The van der Waals surface area contributed by atoms with Gasteiger partial charge in [-0.2, -0.15) is 0 Å². The Morgan fingerprint density at radius 3 is 2.95 bits per heavy atom. The number of non-ortho nitro benzene ring substituents is 1. The highest BCUT2D eigenvalue weighted by Crippen LogP contribution is 2.20. The molecule has 1 aromatic carbocycles. The van der Waals surface area contributed by atoms with E-state index in [1.54, 1.807) is 6.92 Å². The number of benzene rings is 1. The number of fused-ring (bicyclic) bond motifs is 1. The van der Waals surface area contributed by atoms with Crippen LogP contribution in [0.15, 0.2) is 24.5 Å². The molecule has 0 aliphatic carbocycles. The zero-order valence-electron chi connectivity index (χ0n) is 10.6. The van der Waals surface area contributed by atoms with Crippen molar-refractivity contribution in [2.45, 2.75) is 13.5 Å². The minimum atomic E-state index is -0.503. The van der Waals surface area contributed by atoms with Crippen molar-refractivity contribution >= 4 is 34.8 Å². The van der Waals surface area contributed by atoms with E-state index in [9.17, 15) is 14.9 Å². The molecule has 0 N–H and O–H groups in total. The smallest absolute Gasteiger partial charge is 0.326 e. The predicted octanol–water partition coefficient (Wildman–Crippen LogP) is 2.24. The van der Waals surface area contributed by atoms with Gasteiger partial charge in [-0.25, -0.2) is 4.98 Å². The largest absolute Gasteiger partial charge is 0.465 e. The maximum Gasteiger partial charge on any atom is 0.326 e. The van der Waals surface area contributed by atoms with Crippen molar-refractivity contribution in [2.24, 2.45) is 0 Å². The number of ether oxygens (including phenoxy) is 1. The molecule has 0 aliphatic heterocycles. The fourth-order valence-electron chi connectivity index (χ4n) is 1.72. The summed E-state index contributed by atoms with van der Waals surface area (Å²) in [5.41, 5.74) is 0.472. The van der Waals surface area contributed by atoms with Crippen LogP contribution in [-0.4, -0.2) is 27.1 Å². The van der Waals surface area contributed by atoms with Gasteiger partial charge in [-0.1, -0.05) is 12.2 Å². The van der Waals surface area contributed by atoms with Gasteiger partial charge in [-0.3, -0.25) is 14.9 Å². The average Bonchev–Trinajstić information content (AvgIpc) is 2.42. The molecule has 1 heterocycles. The second kappa shape index (κ2) is 5.74. The highest BCUT2D eigenvalue weighted by atomic mass is 32.1. The first-order chi connectivity index (χ1) is 9.52. The van der Waals surface area contributed by atoms with Crippen LogP contribution in [0.5, 0.6) is 0 Å². The van der Waals surface area contributed by atoms with Crippen molar-refractivity contribution in [3.05, 3.63) is 39.3 Å². The summed E-state index contributed by atoms with van der Waals surface area (Å²) in [6.45, 7) is 1.91. The lowest BCUT2D eigenvalue weighted by atomic mass is 10.2. The first kappa shape index (κ1) is 14.1. The minimum Gasteiger partial charge on any atom is -0.465 e. The van der Waals surface area contributed by atoms with Crippen LogP contribution in [-0.2, 0) is 16.1 Å². The molecular weight excluding hydrogens is 282 g/mol. The molecule has 0 atom stereocenters. The molecule has 0 radical (unpaired) electrons. The maximum atomic E-state index is 11.5. The summed E-state index contributed by atoms with van der Waals surface area (Å²) >= 11 is 5.23. The van der Waals surface area contributed by atoms with Gasteiger partial charge in [0.2, 0.25) is 0 Å². The molecular formula is C12H11N3O4S. The molecule has 2 aromatic rings. The fourth-order valence-corrected chi connectivity index (χ4v) is 1.99. The van der Waals surface area contributed by atoms with Crippen LogP contribution in [0.25, 0.3) is 10.9 Å². The third-order valence-corrected chi connectivity index (χ3v) is 3.08. The number of hydrogen-bond donors (Lipinski definition) is 0. The highest BCUT2D eigenvalue weighted by molar-refractivity contribution is 7.71. The molecule has 7 nitrogen and oxygen atoms in total. The van der Waals surface area contributed by atoms with Gasteiger partial charge in [0.15, 0.2) is 0 Å². The summed E-state index contributed by atoms with van der Waals surface area (Å²) in [6, 6.07) is 4.24. The van der Waals surface area contributed by atoms with E-state index < -0.39 is 10.9 Å². The van der Waals surface area contributed by atoms with Gasteiger partial charge in [0.1, 0.15) is 11.2 Å². The number of nitro benzene ring substituents is 1. The first-order valence-electron chi connectivity index (χ1n) is 5.82. The van der Waals surface area contributed by atoms with Crippen molar-refractivity contribution in [2.75, 3.05) is 6.61 Å². The molecule has 0 spiro atoms. The van der Waals surface area contributed by atoms with Crippen LogP contribution in [0, 0.1) is 14.8 Å². The Hall–Kier alpha value is -2.35. The van der Waals surface area contributed by atoms with Gasteiger partial charge in [0.25, 0.3) is 5.69 Å². The molecule has 2 rings (SSSR count). The third-order valence-electron chi connectivity index (χ3n) is 2.62. The molecule has 0 bridgehead atoms. The lowest BCUT2D eigenvalue weighted by molar-refractivity contribution is -0.384. The zero-order chi connectivity index (χ0) is 14.7. The van der Waals surface area contributed by atoms with Gasteiger partial charge < -0.3 is 9.30 Å². The number of rotatable bonds is 4. The lowest BCUT2D eigenvalue weighted by Gasteiger charge is -2.07. The average molecular weight is 293 g/mol. The number of carbonyl (C=O) groups excluding carboxylic acids is 1. The molecule has 0 amide bonds. The summed E-state index contributed by atoms with van der Waals surface area (Å²) in [5, 5.41) is 11.2. The molecule has 1 aromatic heterocycles. The van der Waals surface area contributed by atoms with Gasteiger partial charge in [-0.05, 0) is 13.0 Å². The van der Waals surface area contributed by atoms with E-state index in [0.29, 0.717) is 15.5 Å². The van der Waals surface area contributed by atoms with Crippen molar-refractivity contribution in [3.8, 4) is 0 Å². The van der Waals surface area contributed by atoms with Gasteiger partial charge in [0, 0.05) is 17.5 Å². The molecule has 0 unspecified atom stereocenters. The molecule has 20 heavy (non-hydrogen) atoms. The van der Waals surface area contributed by atoms with Crippen LogP contribution in [0.1, 0.15) is 6.92 Å². The van der Waals surface area contributed by atoms with Crippen molar-refractivity contribution in [1.29, 1.82) is 0 Å². The Bertz CT molecular complexity index is 741. The van der Waals surface area contributed by atoms with E-state index in [-0.39, 0.29) is 18.8 Å². The van der Waals surface area contributed by atoms with Crippen LogP contribution < -0.4 is 0 Å². The van der Waals surface area contributed by atoms with E-state index in [2.05, 4.69) is 4.98 Å². The molecule has 104 valence electrons. The second-order valence-electron chi connectivity index (χ2n) is 3.94. The SMILES string of the molecule is CCOC(=O)Cn1cnc2ccc([N+](=O)[O-])cc2c1=S. The standard InChI is InChI=1S/C12H11N3O4S/c1-2-19-11(16)6-14-7-13-10-4-3-8(15(17)18)5-9(10)12(14)20/h3-5,7H,2,6H2,1H3. The third kappa shape index (κ3) is 2.80. The Kier molecular flexibility index (Phi) is 4.04. The van der Waals surface area contributed by atoms with Crippen molar-refractivity contribution < 1.29 is 14.5 Å². The van der Waals surface area contributed by atoms with E-state index in [4.69, 9.17) is 17.0 Å². The van der Waals surface area contributed by atoms with Crippen molar-refractivity contribution in [1.82, 2.24) is 9.55 Å². The monoisotopic (exact) mass is 293 g/mol. The molecule has 8 heteroatoms. The van der Waals surface area contributed by atoms with E-state index >= 15 is 0 Å². The maximum absolute atomic E-state index is 11.5. The summed E-state index contributed by atoms with van der Waals surface area (Å²) < 4.78 is 6.57. The number of aromatic nitrogens is 2. The van der Waals surface area contributed by atoms with E-state index in [1.165, 1.54) is 29.1 Å². The molecule has 0 fully saturated rings. The Labute approximate surface area is 119 Å². The summed E-state index contributed by atoms with van der Waals surface area (Å²) in [6.07, 6.45) is 1.42. The van der Waals surface area contributed by atoms with Gasteiger partial charge in [0.05, 0.1) is 23.4 Å². The number of nitro groups is 1. The normalized spacial score (nSPS) is 10.4. The second-order valence-corrected chi connectivity index (χ2v) is 4.33. The number of carbonyl (C=O) groups is 1. The Morgan fingerprint density at radius 1 is 1.55 bits per heavy atom. The predicted molar refractivity (Wildman–Crippen MR) is 73.9 cm³/mol.